The van der Waals surface area contributed by atoms with Gasteiger partial charge in [-0.2, -0.15) is 0 Å². The van der Waals surface area contributed by atoms with Crippen molar-refractivity contribution in [3.63, 3.8) is 0 Å². The summed E-state index contributed by atoms with van der Waals surface area (Å²) in [5.74, 6) is 2.34. The van der Waals surface area contributed by atoms with Gasteiger partial charge in [0.15, 0.2) is 11.5 Å². The van der Waals surface area contributed by atoms with Crippen LogP contribution in [0.2, 0.25) is 0 Å². The van der Waals surface area contributed by atoms with Crippen molar-refractivity contribution in [2.75, 3.05) is 41.0 Å². The fourth-order valence-corrected chi connectivity index (χ4v) is 3.94. The molecule has 7 nitrogen and oxygen atoms in total. The molecule has 2 amide bonds. The second-order valence-electron chi connectivity index (χ2n) is 7.96. The van der Waals surface area contributed by atoms with Gasteiger partial charge in [-0.3, -0.25) is 9.59 Å². The van der Waals surface area contributed by atoms with E-state index >= 15 is 0 Å². The number of piperidine rings is 1. The molecule has 0 aliphatic carbocycles. The smallest absolute Gasteiger partial charge is 0.251 e. The SMILES string of the molecule is COc1cccc(CCC(=O)N2CCC(CNC(=O)c3ccc(OC)c(OC)c3)CC2)c1. The van der Waals surface area contributed by atoms with Crippen LogP contribution in [0.5, 0.6) is 17.2 Å². The molecule has 1 fully saturated rings. The average molecular weight is 441 g/mol. The molecule has 32 heavy (non-hydrogen) atoms. The average Bonchev–Trinajstić information content (AvgIpc) is 2.85. The summed E-state index contributed by atoms with van der Waals surface area (Å²) in [4.78, 5) is 27.0. The first-order valence-electron chi connectivity index (χ1n) is 10.9. The number of hydrogen-bond donors (Lipinski definition) is 1. The minimum absolute atomic E-state index is 0.136. The van der Waals surface area contributed by atoms with Gasteiger partial charge in [0.1, 0.15) is 5.75 Å². The molecule has 3 rings (SSSR count). The molecule has 0 unspecified atom stereocenters. The molecule has 1 aliphatic rings. The Morgan fingerprint density at radius 2 is 1.72 bits per heavy atom. The maximum atomic E-state index is 12.6. The van der Waals surface area contributed by atoms with Crippen LogP contribution in [0.3, 0.4) is 0 Å². The van der Waals surface area contributed by atoms with Gasteiger partial charge < -0.3 is 24.4 Å². The van der Waals surface area contributed by atoms with E-state index in [1.165, 1.54) is 0 Å². The first-order valence-corrected chi connectivity index (χ1v) is 10.9. The third-order valence-electron chi connectivity index (χ3n) is 5.93. The van der Waals surface area contributed by atoms with Crippen LogP contribution in [0.4, 0.5) is 0 Å². The Balaban J connectivity index is 1.41. The predicted molar refractivity (Wildman–Crippen MR) is 122 cm³/mol. The van der Waals surface area contributed by atoms with Crippen molar-refractivity contribution in [2.24, 2.45) is 5.92 Å². The van der Waals surface area contributed by atoms with Crippen LogP contribution in [0.25, 0.3) is 0 Å². The Hall–Kier alpha value is -3.22. The number of carbonyl (C=O) groups is 2. The summed E-state index contributed by atoms with van der Waals surface area (Å²) >= 11 is 0. The highest BCUT2D eigenvalue weighted by molar-refractivity contribution is 5.94. The number of nitrogens with one attached hydrogen (secondary N) is 1. The van der Waals surface area contributed by atoms with Crippen molar-refractivity contribution < 1.29 is 23.8 Å². The van der Waals surface area contributed by atoms with E-state index in [0.717, 1.165) is 37.2 Å². The molecule has 1 aliphatic heterocycles. The second-order valence-corrected chi connectivity index (χ2v) is 7.96. The van der Waals surface area contributed by atoms with E-state index in [4.69, 9.17) is 14.2 Å². The molecular formula is C25H32N2O5. The van der Waals surface area contributed by atoms with E-state index in [-0.39, 0.29) is 11.8 Å². The van der Waals surface area contributed by atoms with Crippen LogP contribution in [-0.4, -0.2) is 57.7 Å². The number of carbonyl (C=O) groups excluding carboxylic acids is 2. The summed E-state index contributed by atoms with van der Waals surface area (Å²) < 4.78 is 15.7. The van der Waals surface area contributed by atoms with Gasteiger partial charge in [0.2, 0.25) is 5.91 Å². The van der Waals surface area contributed by atoms with Crippen LogP contribution < -0.4 is 19.5 Å². The maximum absolute atomic E-state index is 12.6. The Labute approximate surface area is 189 Å². The summed E-state index contributed by atoms with van der Waals surface area (Å²) in [6.45, 7) is 2.06. The van der Waals surface area contributed by atoms with Crippen LogP contribution in [-0.2, 0) is 11.2 Å². The molecule has 0 bridgehead atoms. The third kappa shape index (κ3) is 6.15. The van der Waals surface area contributed by atoms with Gasteiger partial charge >= 0.3 is 0 Å². The summed E-state index contributed by atoms with van der Waals surface area (Å²) in [5.41, 5.74) is 1.64. The molecule has 0 radical (unpaired) electrons. The van der Waals surface area contributed by atoms with Gasteiger partial charge in [0.25, 0.3) is 5.91 Å². The van der Waals surface area contributed by atoms with Gasteiger partial charge in [-0.25, -0.2) is 0 Å². The van der Waals surface area contributed by atoms with Crippen molar-refractivity contribution in [1.29, 1.82) is 0 Å². The summed E-state index contributed by atoms with van der Waals surface area (Å²) in [7, 11) is 4.75. The second kappa shape index (κ2) is 11.4. The Morgan fingerprint density at radius 1 is 0.969 bits per heavy atom. The minimum atomic E-state index is -0.136. The van der Waals surface area contributed by atoms with Gasteiger partial charge in [0.05, 0.1) is 21.3 Å². The van der Waals surface area contributed by atoms with Crippen molar-refractivity contribution in [2.45, 2.75) is 25.7 Å². The number of nitrogens with zero attached hydrogens (tertiary/aromatic N) is 1. The van der Waals surface area contributed by atoms with E-state index in [9.17, 15) is 9.59 Å². The number of methoxy groups -OCH3 is 3. The Bertz CT molecular complexity index is 922. The zero-order valence-electron chi connectivity index (χ0n) is 19.1. The summed E-state index contributed by atoms with van der Waals surface area (Å²) in [6, 6.07) is 13.0. The van der Waals surface area contributed by atoms with Crippen molar-refractivity contribution in [1.82, 2.24) is 10.2 Å². The fourth-order valence-electron chi connectivity index (χ4n) is 3.94. The van der Waals surface area contributed by atoms with Crippen molar-refractivity contribution >= 4 is 11.8 Å². The van der Waals surface area contributed by atoms with Gasteiger partial charge in [-0.05, 0) is 61.1 Å². The monoisotopic (exact) mass is 440 g/mol. The normalized spacial score (nSPS) is 14.0. The van der Waals surface area contributed by atoms with Crippen LogP contribution in [0.1, 0.15) is 35.2 Å². The van der Waals surface area contributed by atoms with E-state index in [1.807, 2.05) is 29.2 Å². The van der Waals surface area contributed by atoms with E-state index in [0.29, 0.717) is 42.4 Å². The van der Waals surface area contributed by atoms with E-state index in [2.05, 4.69) is 5.32 Å². The number of ether oxygens (including phenoxy) is 3. The molecule has 0 atom stereocenters. The first-order chi connectivity index (χ1) is 15.5. The minimum Gasteiger partial charge on any atom is -0.497 e. The highest BCUT2D eigenvalue weighted by atomic mass is 16.5. The molecule has 1 N–H and O–H groups in total. The van der Waals surface area contributed by atoms with Crippen LogP contribution >= 0.6 is 0 Å². The molecule has 1 saturated heterocycles. The highest BCUT2D eigenvalue weighted by Gasteiger charge is 2.23. The van der Waals surface area contributed by atoms with Crippen LogP contribution in [0.15, 0.2) is 42.5 Å². The molecular weight excluding hydrogens is 408 g/mol. The lowest BCUT2D eigenvalue weighted by Gasteiger charge is -2.32. The van der Waals surface area contributed by atoms with E-state index < -0.39 is 0 Å². The number of likely N-dealkylation sites (tertiary alicyclic amines) is 1. The molecule has 0 aromatic heterocycles. The lowest BCUT2D eigenvalue weighted by atomic mass is 9.96. The Morgan fingerprint density at radius 3 is 2.41 bits per heavy atom. The Kier molecular flexibility index (Phi) is 8.36. The summed E-state index contributed by atoms with van der Waals surface area (Å²) in [6.07, 6.45) is 2.97. The number of rotatable bonds is 9. The fraction of sp³-hybridized carbons (Fsp3) is 0.440. The van der Waals surface area contributed by atoms with Gasteiger partial charge in [-0.15, -0.1) is 0 Å². The lowest BCUT2D eigenvalue weighted by Crippen LogP contribution is -2.41. The maximum Gasteiger partial charge on any atom is 0.251 e. The van der Waals surface area contributed by atoms with Crippen LogP contribution in [0, 0.1) is 5.92 Å². The van der Waals surface area contributed by atoms with Crippen molar-refractivity contribution in [3.05, 3.63) is 53.6 Å². The number of hydrogen-bond acceptors (Lipinski definition) is 5. The topological polar surface area (TPSA) is 77.1 Å². The molecule has 2 aromatic rings. The number of amides is 2. The lowest BCUT2D eigenvalue weighted by molar-refractivity contribution is -0.132. The molecule has 2 aromatic carbocycles. The zero-order valence-corrected chi connectivity index (χ0v) is 19.1. The number of benzene rings is 2. The molecule has 0 spiro atoms. The van der Waals surface area contributed by atoms with Gasteiger partial charge in [0, 0.05) is 31.6 Å². The largest absolute Gasteiger partial charge is 0.497 e. The standard InChI is InChI=1S/C25H32N2O5/c1-30-21-6-4-5-18(15-21)7-10-24(28)27-13-11-19(12-14-27)17-26-25(29)20-8-9-22(31-2)23(16-20)32-3/h4-6,8-9,15-16,19H,7,10-14,17H2,1-3H3,(H,26,29). The predicted octanol–water partition coefficient (Wildman–Crippen LogP) is 3.31. The first kappa shape index (κ1) is 23.4. The molecule has 7 heteroatoms. The highest BCUT2D eigenvalue weighted by Crippen LogP contribution is 2.27. The number of aryl methyl sites for hydroxylation is 1. The summed E-state index contributed by atoms with van der Waals surface area (Å²) in [5, 5.41) is 3.01. The zero-order chi connectivity index (χ0) is 22.9. The quantitative estimate of drug-likeness (QED) is 0.647. The molecule has 1 heterocycles. The van der Waals surface area contributed by atoms with E-state index in [1.54, 1.807) is 39.5 Å². The van der Waals surface area contributed by atoms with Gasteiger partial charge in [-0.1, -0.05) is 12.1 Å². The third-order valence-corrected chi connectivity index (χ3v) is 5.93. The molecule has 172 valence electrons. The van der Waals surface area contributed by atoms with Crippen molar-refractivity contribution in [3.8, 4) is 17.2 Å². The molecule has 0 saturated carbocycles.